The SMILES string of the molecule is CN(C)C(=O)c1ccc(-c2c[nH]c3ncc4c(c23)OCc2cc(N3CCNCC3)ccc2-4)cc1. The lowest BCUT2D eigenvalue weighted by Gasteiger charge is -2.31. The largest absolute Gasteiger partial charge is 0.487 e. The number of amides is 1. The molecule has 2 N–H and O–H groups in total. The van der Waals surface area contributed by atoms with Gasteiger partial charge in [-0.2, -0.15) is 0 Å². The van der Waals surface area contributed by atoms with Gasteiger partial charge in [0.15, 0.2) is 0 Å². The van der Waals surface area contributed by atoms with Gasteiger partial charge in [0, 0.05) is 75.0 Å². The lowest BCUT2D eigenvalue weighted by molar-refractivity contribution is 0.0827. The molecule has 0 bridgehead atoms. The highest BCUT2D eigenvalue weighted by molar-refractivity contribution is 6.03. The molecule has 0 spiro atoms. The van der Waals surface area contributed by atoms with Gasteiger partial charge in [-0.1, -0.05) is 18.2 Å². The average Bonchev–Trinajstić information content (AvgIpc) is 3.33. The number of nitrogens with one attached hydrogen (secondary N) is 2. The molecule has 0 atom stereocenters. The van der Waals surface area contributed by atoms with E-state index in [2.05, 4.69) is 33.4 Å². The molecule has 172 valence electrons. The van der Waals surface area contributed by atoms with Crippen LogP contribution in [-0.2, 0) is 6.61 Å². The lowest BCUT2D eigenvalue weighted by Crippen LogP contribution is -2.43. The number of aromatic amines is 1. The van der Waals surface area contributed by atoms with Crippen molar-refractivity contribution in [3.05, 3.63) is 66.0 Å². The van der Waals surface area contributed by atoms with Crippen molar-refractivity contribution < 1.29 is 9.53 Å². The molecule has 1 saturated heterocycles. The van der Waals surface area contributed by atoms with Crippen molar-refractivity contribution in [3.8, 4) is 28.0 Å². The number of fused-ring (bicyclic) bond motifs is 5. The molecule has 0 radical (unpaired) electrons. The van der Waals surface area contributed by atoms with Crippen molar-refractivity contribution in [2.75, 3.05) is 45.2 Å². The molecule has 34 heavy (non-hydrogen) atoms. The Morgan fingerprint density at radius 2 is 1.82 bits per heavy atom. The summed E-state index contributed by atoms with van der Waals surface area (Å²) in [5, 5.41) is 4.38. The highest BCUT2D eigenvalue weighted by Crippen LogP contribution is 2.45. The maximum atomic E-state index is 12.3. The minimum Gasteiger partial charge on any atom is -0.487 e. The second kappa shape index (κ2) is 8.18. The summed E-state index contributed by atoms with van der Waals surface area (Å²) in [7, 11) is 3.52. The topological polar surface area (TPSA) is 73.5 Å². The van der Waals surface area contributed by atoms with Crippen LogP contribution in [0.25, 0.3) is 33.3 Å². The van der Waals surface area contributed by atoms with Crippen LogP contribution in [0.5, 0.6) is 5.75 Å². The molecule has 0 aliphatic carbocycles. The van der Waals surface area contributed by atoms with Crippen LogP contribution >= 0.6 is 0 Å². The molecule has 2 aliphatic rings. The number of ether oxygens (including phenoxy) is 1. The Labute approximate surface area is 198 Å². The quantitative estimate of drug-likeness (QED) is 0.492. The van der Waals surface area contributed by atoms with Gasteiger partial charge in [-0.25, -0.2) is 4.98 Å². The van der Waals surface area contributed by atoms with Crippen LogP contribution in [0.2, 0.25) is 0 Å². The van der Waals surface area contributed by atoms with E-state index in [0.29, 0.717) is 12.2 Å². The van der Waals surface area contributed by atoms with Crippen molar-refractivity contribution in [2.45, 2.75) is 6.61 Å². The maximum absolute atomic E-state index is 12.3. The average molecular weight is 454 g/mol. The number of pyridine rings is 1. The molecule has 7 heteroatoms. The van der Waals surface area contributed by atoms with E-state index in [1.807, 2.05) is 36.7 Å². The highest BCUT2D eigenvalue weighted by atomic mass is 16.5. The molecule has 4 aromatic rings. The van der Waals surface area contributed by atoms with Crippen molar-refractivity contribution in [1.29, 1.82) is 0 Å². The summed E-state index contributed by atoms with van der Waals surface area (Å²) < 4.78 is 6.37. The molecule has 4 heterocycles. The smallest absolute Gasteiger partial charge is 0.253 e. The minimum atomic E-state index is -0.00958. The number of piperazine rings is 1. The molecule has 6 rings (SSSR count). The fraction of sp³-hybridized carbons (Fsp3) is 0.259. The Balaban J connectivity index is 1.40. The summed E-state index contributed by atoms with van der Waals surface area (Å²) in [6.45, 7) is 4.59. The minimum absolute atomic E-state index is 0.00958. The first kappa shape index (κ1) is 20.7. The number of benzene rings is 2. The van der Waals surface area contributed by atoms with Crippen LogP contribution in [0, 0.1) is 0 Å². The number of hydrogen-bond acceptors (Lipinski definition) is 5. The third kappa shape index (κ3) is 3.40. The normalized spacial score (nSPS) is 14.9. The number of rotatable bonds is 3. The molecule has 0 saturated carbocycles. The fourth-order valence-corrected chi connectivity index (χ4v) is 4.92. The molecular weight excluding hydrogens is 426 g/mol. The summed E-state index contributed by atoms with van der Waals surface area (Å²) >= 11 is 0. The van der Waals surface area contributed by atoms with Crippen LogP contribution in [-0.4, -0.2) is 61.0 Å². The molecule has 1 fully saturated rings. The predicted molar refractivity (Wildman–Crippen MR) is 134 cm³/mol. The van der Waals surface area contributed by atoms with E-state index in [9.17, 15) is 4.79 Å². The van der Waals surface area contributed by atoms with Crippen molar-refractivity contribution >= 4 is 22.6 Å². The summed E-state index contributed by atoms with van der Waals surface area (Å²) in [6, 6.07) is 14.4. The monoisotopic (exact) mass is 453 g/mol. The highest BCUT2D eigenvalue weighted by Gasteiger charge is 2.24. The van der Waals surface area contributed by atoms with Gasteiger partial charge in [0.2, 0.25) is 0 Å². The Morgan fingerprint density at radius 3 is 2.59 bits per heavy atom. The number of aromatic nitrogens is 2. The van der Waals surface area contributed by atoms with E-state index in [1.165, 1.54) is 16.8 Å². The first-order valence-electron chi connectivity index (χ1n) is 11.6. The maximum Gasteiger partial charge on any atom is 0.253 e. The van der Waals surface area contributed by atoms with Gasteiger partial charge in [-0.05, 0) is 41.0 Å². The molecule has 0 unspecified atom stereocenters. The Hall–Kier alpha value is -3.84. The van der Waals surface area contributed by atoms with Gasteiger partial charge in [-0.3, -0.25) is 4.79 Å². The Morgan fingerprint density at radius 1 is 1.03 bits per heavy atom. The third-order valence-electron chi connectivity index (χ3n) is 6.74. The number of carbonyl (C=O) groups excluding carboxylic acids is 1. The van der Waals surface area contributed by atoms with Crippen LogP contribution in [0.3, 0.4) is 0 Å². The second-order valence-electron chi connectivity index (χ2n) is 9.07. The van der Waals surface area contributed by atoms with E-state index in [0.717, 1.165) is 59.7 Å². The molecular formula is C27H27N5O2. The standard InChI is InChI=1S/C27H27N5O2/c1-31(2)27(33)18-5-3-17(4-6-18)22-14-29-26-24(22)25-23(15-30-26)21-8-7-20(13-19(21)16-34-25)32-11-9-28-10-12-32/h3-8,13-15,28H,9-12,16H2,1-2H3,(H,29,30). The van der Waals surface area contributed by atoms with Gasteiger partial charge in [0.1, 0.15) is 18.0 Å². The summed E-state index contributed by atoms with van der Waals surface area (Å²) in [4.78, 5) is 24.3. The predicted octanol–water partition coefficient (Wildman–Crippen LogP) is 3.90. The summed E-state index contributed by atoms with van der Waals surface area (Å²) in [6.07, 6.45) is 3.87. The van der Waals surface area contributed by atoms with Gasteiger partial charge in [0.05, 0.1) is 5.39 Å². The number of H-pyrrole nitrogens is 1. The van der Waals surface area contributed by atoms with Crippen LogP contribution < -0.4 is 15.0 Å². The number of carbonyl (C=O) groups is 1. The van der Waals surface area contributed by atoms with Crippen LogP contribution in [0.15, 0.2) is 54.9 Å². The van der Waals surface area contributed by atoms with E-state index in [4.69, 9.17) is 9.72 Å². The Bertz CT molecular complexity index is 1380. The first-order valence-corrected chi connectivity index (χ1v) is 11.6. The van der Waals surface area contributed by atoms with E-state index < -0.39 is 0 Å². The summed E-state index contributed by atoms with van der Waals surface area (Å²) in [5.41, 5.74) is 8.12. The van der Waals surface area contributed by atoms with Crippen molar-refractivity contribution in [1.82, 2.24) is 20.2 Å². The molecule has 2 aromatic carbocycles. The van der Waals surface area contributed by atoms with Gasteiger partial charge < -0.3 is 24.8 Å². The van der Waals surface area contributed by atoms with Crippen molar-refractivity contribution in [2.24, 2.45) is 0 Å². The third-order valence-corrected chi connectivity index (χ3v) is 6.74. The zero-order chi connectivity index (χ0) is 23.2. The molecule has 2 aliphatic heterocycles. The molecule has 1 amide bonds. The Kier molecular flexibility index (Phi) is 4.99. The van der Waals surface area contributed by atoms with Gasteiger partial charge in [-0.15, -0.1) is 0 Å². The zero-order valence-corrected chi connectivity index (χ0v) is 19.4. The van der Waals surface area contributed by atoms with E-state index >= 15 is 0 Å². The van der Waals surface area contributed by atoms with Gasteiger partial charge in [0.25, 0.3) is 5.91 Å². The zero-order valence-electron chi connectivity index (χ0n) is 19.4. The fourth-order valence-electron chi connectivity index (χ4n) is 4.92. The van der Waals surface area contributed by atoms with Crippen molar-refractivity contribution in [3.63, 3.8) is 0 Å². The van der Waals surface area contributed by atoms with Gasteiger partial charge >= 0.3 is 0 Å². The molecule has 7 nitrogen and oxygen atoms in total. The number of anilines is 1. The lowest BCUT2D eigenvalue weighted by atomic mass is 9.95. The van der Waals surface area contributed by atoms with E-state index in [-0.39, 0.29) is 5.91 Å². The summed E-state index contributed by atoms with van der Waals surface area (Å²) in [5.74, 6) is 0.849. The number of nitrogens with zero attached hydrogens (tertiary/aromatic N) is 3. The van der Waals surface area contributed by atoms with E-state index in [1.54, 1.807) is 19.0 Å². The first-order chi connectivity index (χ1) is 16.6. The van der Waals surface area contributed by atoms with Crippen LogP contribution in [0.4, 0.5) is 5.69 Å². The second-order valence-corrected chi connectivity index (χ2v) is 9.07. The molecule has 2 aromatic heterocycles. The number of hydrogen-bond donors (Lipinski definition) is 2. The van der Waals surface area contributed by atoms with Crippen LogP contribution in [0.1, 0.15) is 15.9 Å².